The summed E-state index contributed by atoms with van der Waals surface area (Å²) >= 11 is 0. The first kappa shape index (κ1) is 8.72. The molecule has 3 heteroatoms. The van der Waals surface area contributed by atoms with Gasteiger partial charge in [0.15, 0.2) is 0 Å². The Morgan fingerprint density at radius 3 is 2.50 bits per heavy atom. The Morgan fingerprint density at radius 2 is 2.00 bits per heavy atom. The fraction of sp³-hybridized carbons (Fsp3) is 0.909. The van der Waals surface area contributed by atoms with E-state index in [-0.39, 0.29) is 11.4 Å². The van der Waals surface area contributed by atoms with Gasteiger partial charge >= 0.3 is 0 Å². The summed E-state index contributed by atoms with van der Waals surface area (Å²) in [6, 6.07) is 1.46. The molecule has 3 rings (SSSR count). The summed E-state index contributed by atoms with van der Waals surface area (Å²) in [5.74, 6) is 0.272. The minimum absolute atomic E-state index is 0.190. The van der Waals surface area contributed by atoms with Crippen LogP contribution in [0, 0.1) is 0 Å². The van der Waals surface area contributed by atoms with Crippen LogP contribution in [0.4, 0.5) is 0 Å². The summed E-state index contributed by atoms with van der Waals surface area (Å²) in [4.78, 5) is 13.8. The van der Waals surface area contributed by atoms with E-state index >= 15 is 0 Å². The lowest BCUT2D eigenvalue weighted by Gasteiger charge is -2.43. The number of fused-ring (bicyclic) bond motifs is 2. The zero-order valence-corrected chi connectivity index (χ0v) is 8.75. The number of amides is 1. The van der Waals surface area contributed by atoms with E-state index < -0.39 is 0 Å². The number of rotatable bonds is 0. The second-order valence-corrected chi connectivity index (χ2v) is 5.29. The molecule has 78 valence electrons. The molecule has 14 heavy (non-hydrogen) atoms. The highest BCUT2D eigenvalue weighted by Gasteiger charge is 2.49. The van der Waals surface area contributed by atoms with Crippen molar-refractivity contribution in [1.82, 2.24) is 10.2 Å². The first-order chi connectivity index (χ1) is 6.69. The SMILES string of the molecule is CN1C2CCC1CC1(CCC(=O)N1)C2. The molecule has 0 aliphatic carbocycles. The summed E-state index contributed by atoms with van der Waals surface area (Å²) in [6.07, 6.45) is 6.87. The molecule has 3 aliphatic rings. The molecule has 2 unspecified atom stereocenters. The van der Waals surface area contributed by atoms with Crippen LogP contribution < -0.4 is 5.32 Å². The van der Waals surface area contributed by atoms with Crippen LogP contribution in [0.2, 0.25) is 0 Å². The van der Waals surface area contributed by atoms with Crippen LogP contribution in [0.5, 0.6) is 0 Å². The summed E-state index contributed by atoms with van der Waals surface area (Å²) < 4.78 is 0. The molecule has 3 aliphatic heterocycles. The third-order valence-corrected chi connectivity index (χ3v) is 4.47. The number of carbonyl (C=O) groups is 1. The van der Waals surface area contributed by atoms with Gasteiger partial charge in [0.2, 0.25) is 5.91 Å². The topological polar surface area (TPSA) is 32.3 Å². The normalized spacial score (nSPS) is 47.4. The Kier molecular flexibility index (Phi) is 1.69. The van der Waals surface area contributed by atoms with Gasteiger partial charge in [0.1, 0.15) is 0 Å². The third kappa shape index (κ3) is 1.11. The Labute approximate surface area is 84.8 Å². The van der Waals surface area contributed by atoms with E-state index in [1.165, 1.54) is 25.7 Å². The Balaban J connectivity index is 1.82. The number of piperidine rings is 1. The minimum Gasteiger partial charge on any atom is -0.351 e. The van der Waals surface area contributed by atoms with Gasteiger partial charge in [-0.15, -0.1) is 0 Å². The molecule has 3 heterocycles. The Bertz CT molecular complexity index is 262. The van der Waals surface area contributed by atoms with E-state index in [4.69, 9.17) is 0 Å². The molecular weight excluding hydrogens is 176 g/mol. The average Bonchev–Trinajstić information content (AvgIpc) is 2.58. The second-order valence-electron chi connectivity index (χ2n) is 5.29. The first-order valence-electron chi connectivity index (χ1n) is 5.71. The molecule has 3 nitrogen and oxygen atoms in total. The van der Waals surface area contributed by atoms with Gasteiger partial charge in [0.25, 0.3) is 0 Å². The van der Waals surface area contributed by atoms with Crippen molar-refractivity contribution in [3.05, 3.63) is 0 Å². The summed E-state index contributed by atoms with van der Waals surface area (Å²) in [6.45, 7) is 0. The predicted molar refractivity (Wildman–Crippen MR) is 53.9 cm³/mol. The molecule has 2 atom stereocenters. The quantitative estimate of drug-likeness (QED) is 0.621. The van der Waals surface area contributed by atoms with Gasteiger partial charge in [0.05, 0.1) is 0 Å². The van der Waals surface area contributed by atoms with Gasteiger partial charge in [-0.05, 0) is 39.2 Å². The highest BCUT2D eigenvalue weighted by Crippen LogP contribution is 2.43. The van der Waals surface area contributed by atoms with E-state index in [2.05, 4.69) is 17.3 Å². The molecule has 3 saturated heterocycles. The van der Waals surface area contributed by atoms with E-state index in [0.29, 0.717) is 0 Å². The van der Waals surface area contributed by atoms with Crippen molar-refractivity contribution in [2.75, 3.05) is 7.05 Å². The molecule has 0 radical (unpaired) electrons. The fourth-order valence-electron chi connectivity index (χ4n) is 3.65. The molecule has 3 fully saturated rings. The van der Waals surface area contributed by atoms with Crippen molar-refractivity contribution in [3.63, 3.8) is 0 Å². The highest BCUT2D eigenvalue weighted by atomic mass is 16.2. The molecule has 1 amide bonds. The highest BCUT2D eigenvalue weighted by molar-refractivity contribution is 5.79. The maximum absolute atomic E-state index is 11.3. The van der Waals surface area contributed by atoms with Crippen molar-refractivity contribution in [3.8, 4) is 0 Å². The van der Waals surface area contributed by atoms with E-state index in [1.54, 1.807) is 0 Å². The molecule has 1 spiro atoms. The van der Waals surface area contributed by atoms with Gasteiger partial charge in [-0.25, -0.2) is 0 Å². The average molecular weight is 194 g/mol. The van der Waals surface area contributed by atoms with Crippen molar-refractivity contribution in [1.29, 1.82) is 0 Å². The summed E-state index contributed by atoms with van der Waals surface area (Å²) in [5.41, 5.74) is 0.190. The number of carbonyl (C=O) groups excluding carboxylic acids is 1. The van der Waals surface area contributed by atoms with Crippen LogP contribution in [0.1, 0.15) is 38.5 Å². The lowest BCUT2D eigenvalue weighted by molar-refractivity contribution is -0.120. The molecular formula is C11H18N2O. The first-order valence-corrected chi connectivity index (χ1v) is 5.71. The molecule has 2 bridgehead atoms. The lowest BCUT2D eigenvalue weighted by Crippen LogP contribution is -2.54. The van der Waals surface area contributed by atoms with Crippen molar-refractivity contribution < 1.29 is 4.79 Å². The zero-order valence-electron chi connectivity index (χ0n) is 8.75. The third-order valence-electron chi connectivity index (χ3n) is 4.47. The molecule has 1 N–H and O–H groups in total. The van der Waals surface area contributed by atoms with Gasteiger partial charge in [-0.1, -0.05) is 0 Å². The largest absolute Gasteiger partial charge is 0.351 e. The number of nitrogens with one attached hydrogen (secondary N) is 1. The number of nitrogens with zero attached hydrogens (tertiary/aromatic N) is 1. The van der Waals surface area contributed by atoms with Crippen LogP contribution in [-0.2, 0) is 4.79 Å². The maximum Gasteiger partial charge on any atom is 0.220 e. The monoisotopic (exact) mass is 194 g/mol. The minimum atomic E-state index is 0.190. The van der Waals surface area contributed by atoms with Crippen LogP contribution >= 0.6 is 0 Å². The van der Waals surface area contributed by atoms with E-state index in [1.807, 2.05) is 0 Å². The van der Waals surface area contributed by atoms with Crippen LogP contribution in [0.15, 0.2) is 0 Å². The van der Waals surface area contributed by atoms with Crippen molar-refractivity contribution >= 4 is 5.91 Å². The summed E-state index contributed by atoms with van der Waals surface area (Å²) in [7, 11) is 2.24. The van der Waals surface area contributed by atoms with Gasteiger partial charge in [0, 0.05) is 24.0 Å². The molecule has 0 aromatic heterocycles. The lowest BCUT2D eigenvalue weighted by atomic mass is 9.82. The van der Waals surface area contributed by atoms with Gasteiger partial charge in [-0.2, -0.15) is 0 Å². The molecule has 0 saturated carbocycles. The molecule has 0 aromatic carbocycles. The second kappa shape index (κ2) is 2.72. The van der Waals surface area contributed by atoms with Crippen LogP contribution in [0.25, 0.3) is 0 Å². The van der Waals surface area contributed by atoms with Crippen molar-refractivity contribution in [2.45, 2.75) is 56.1 Å². The summed E-state index contributed by atoms with van der Waals surface area (Å²) in [5, 5.41) is 3.22. The fourth-order valence-corrected chi connectivity index (χ4v) is 3.65. The zero-order chi connectivity index (χ0) is 9.76. The van der Waals surface area contributed by atoms with E-state index in [9.17, 15) is 4.79 Å². The number of hydrogen-bond acceptors (Lipinski definition) is 2. The smallest absolute Gasteiger partial charge is 0.220 e. The Hall–Kier alpha value is -0.570. The number of hydrogen-bond donors (Lipinski definition) is 1. The molecule has 0 aromatic rings. The van der Waals surface area contributed by atoms with Crippen LogP contribution in [0.3, 0.4) is 0 Å². The maximum atomic E-state index is 11.3. The van der Waals surface area contributed by atoms with Gasteiger partial charge < -0.3 is 10.2 Å². The van der Waals surface area contributed by atoms with Crippen molar-refractivity contribution in [2.24, 2.45) is 0 Å². The Morgan fingerprint density at radius 1 is 1.36 bits per heavy atom. The predicted octanol–water partition coefficient (Wildman–Crippen LogP) is 0.892. The standard InChI is InChI=1S/C11H18N2O/c1-13-8-2-3-9(13)7-11(6-8)5-4-10(14)12-11/h8-9H,2-7H2,1H3,(H,12,14). The van der Waals surface area contributed by atoms with Crippen LogP contribution in [-0.4, -0.2) is 35.5 Å². The van der Waals surface area contributed by atoms with E-state index in [0.717, 1.165) is 24.9 Å². The van der Waals surface area contributed by atoms with Gasteiger partial charge in [-0.3, -0.25) is 4.79 Å².